The van der Waals surface area contributed by atoms with Crippen LogP contribution in [0.4, 0.5) is 0 Å². The molecular weight excluding hydrogens is 412 g/mol. The quantitative estimate of drug-likeness (QED) is 0.641. The van der Waals surface area contributed by atoms with E-state index in [0.717, 1.165) is 11.3 Å². The lowest BCUT2D eigenvalue weighted by Gasteiger charge is -2.31. The number of rotatable bonds is 6. The van der Waals surface area contributed by atoms with E-state index in [2.05, 4.69) is 10.3 Å². The second kappa shape index (κ2) is 9.03. The number of hydrogen-bond donors (Lipinski definition) is 1. The maximum atomic E-state index is 12.8. The minimum Gasteiger partial charge on any atom is -0.349 e. The fraction of sp³-hybridized carbons (Fsp3) is 0.304. The molecule has 8 heteroatoms. The van der Waals surface area contributed by atoms with Crippen molar-refractivity contribution in [1.82, 2.24) is 19.2 Å². The predicted octanol–water partition coefficient (Wildman–Crippen LogP) is 3.15. The Kier molecular flexibility index (Phi) is 6.20. The third-order valence-electron chi connectivity index (χ3n) is 5.76. The highest BCUT2D eigenvalue weighted by Gasteiger charge is 2.32. The van der Waals surface area contributed by atoms with Crippen molar-refractivity contribution in [2.45, 2.75) is 30.7 Å². The van der Waals surface area contributed by atoms with Crippen LogP contribution in [-0.4, -0.2) is 41.3 Å². The molecule has 2 heterocycles. The highest BCUT2D eigenvalue weighted by atomic mass is 32.2. The van der Waals surface area contributed by atoms with Gasteiger partial charge in [0.1, 0.15) is 0 Å². The lowest BCUT2D eigenvalue weighted by Crippen LogP contribution is -2.43. The summed E-state index contributed by atoms with van der Waals surface area (Å²) in [5.74, 6) is -0.210. The number of carbonyl (C=O) groups is 1. The van der Waals surface area contributed by atoms with Gasteiger partial charge < -0.3 is 9.88 Å². The summed E-state index contributed by atoms with van der Waals surface area (Å²) in [5, 5.41) is 3.08. The van der Waals surface area contributed by atoms with Crippen molar-refractivity contribution in [3.63, 3.8) is 0 Å². The van der Waals surface area contributed by atoms with Crippen LogP contribution in [0.3, 0.4) is 0 Å². The van der Waals surface area contributed by atoms with Crippen LogP contribution in [0.5, 0.6) is 0 Å². The van der Waals surface area contributed by atoms with E-state index in [1.807, 2.05) is 42.0 Å². The summed E-state index contributed by atoms with van der Waals surface area (Å²) in [4.78, 5) is 17.1. The number of amides is 1. The van der Waals surface area contributed by atoms with Crippen LogP contribution in [0, 0.1) is 5.92 Å². The number of sulfonamides is 1. The van der Waals surface area contributed by atoms with E-state index in [4.69, 9.17) is 0 Å². The van der Waals surface area contributed by atoms with Crippen molar-refractivity contribution in [2.24, 2.45) is 5.92 Å². The molecule has 4 rings (SSSR count). The number of aromatic nitrogens is 2. The number of imidazole rings is 1. The molecule has 0 aliphatic carbocycles. The summed E-state index contributed by atoms with van der Waals surface area (Å²) < 4.78 is 28.9. The summed E-state index contributed by atoms with van der Waals surface area (Å²) in [5.41, 5.74) is 2.02. The van der Waals surface area contributed by atoms with Gasteiger partial charge in [0.15, 0.2) is 0 Å². The predicted molar refractivity (Wildman–Crippen MR) is 118 cm³/mol. The van der Waals surface area contributed by atoms with Gasteiger partial charge in [-0.25, -0.2) is 13.4 Å². The molecule has 1 aliphatic rings. The second-order valence-corrected chi connectivity index (χ2v) is 9.72. The Bertz CT molecular complexity index is 1110. The zero-order valence-corrected chi connectivity index (χ0v) is 18.2. The van der Waals surface area contributed by atoms with Crippen molar-refractivity contribution >= 4 is 15.9 Å². The monoisotopic (exact) mass is 438 g/mol. The summed E-state index contributed by atoms with van der Waals surface area (Å²) in [6, 6.07) is 16.3. The van der Waals surface area contributed by atoms with Crippen LogP contribution in [-0.2, 0) is 14.8 Å². The summed E-state index contributed by atoms with van der Waals surface area (Å²) >= 11 is 0. The van der Waals surface area contributed by atoms with Crippen LogP contribution < -0.4 is 5.32 Å². The van der Waals surface area contributed by atoms with Gasteiger partial charge in [0.25, 0.3) is 0 Å². The van der Waals surface area contributed by atoms with Crippen LogP contribution >= 0.6 is 0 Å². The minimum absolute atomic E-state index is 0.0251. The van der Waals surface area contributed by atoms with Gasteiger partial charge in [-0.3, -0.25) is 4.79 Å². The van der Waals surface area contributed by atoms with E-state index in [0.29, 0.717) is 30.8 Å². The Hall–Kier alpha value is -2.97. The molecule has 1 saturated heterocycles. The average molecular weight is 439 g/mol. The fourth-order valence-electron chi connectivity index (χ4n) is 3.86. The first-order chi connectivity index (χ1) is 14.9. The molecule has 162 valence electrons. The molecule has 1 atom stereocenters. The van der Waals surface area contributed by atoms with E-state index in [9.17, 15) is 13.2 Å². The highest BCUT2D eigenvalue weighted by molar-refractivity contribution is 7.89. The average Bonchev–Trinajstić information content (AvgIpc) is 3.35. The van der Waals surface area contributed by atoms with Crippen molar-refractivity contribution in [2.75, 3.05) is 13.1 Å². The van der Waals surface area contributed by atoms with Gasteiger partial charge in [0.05, 0.1) is 17.3 Å². The zero-order valence-electron chi connectivity index (χ0n) is 17.4. The topological polar surface area (TPSA) is 84.3 Å². The Morgan fingerprint density at radius 2 is 1.74 bits per heavy atom. The minimum atomic E-state index is -3.50. The third kappa shape index (κ3) is 4.70. The van der Waals surface area contributed by atoms with E-state index in [1.54, 1.807) is 42.9 Å². The van der Waals surface area contributed by atoms with Crippen LogP contribution in [0.1, 0.15) is 31.4 Å². The molecule has 0 spiro atoms. The molecule has 1 amide bonds. The van der Waals surface area contributed by atoms with Gasteiger partial charge in [-0.1, -0.05) is 30.3 Å². The van der Waals surface area contributed by atoms with E-state index < -0.39 is 10.0 Å². The summed E-state index contributed by atoms with van der Waals surface area (Å²) in [6.07, 6.45) is 6.39. The SMILES string of the molecule is C[C@@H](NC(=O)C1CCN(S(=O)(=O)c2ccccc2)CC1)c1ccc(-n2ccnc2)cc1. The van der Waals surface area contributed by atoms with Crippen molar-refractivity contribution < 1.29 is 13.2 Å². The summed E-state index contributed by atoms with van der Waals surface area (Å²) in [7, 11) is -3.50. The fourth-order valence-corrected chi connectivity index (χ4v) is 5.35. The Balaban J connectivity index is 1.33. The first-order valence-electron chi connectivity index (χ1n) is 10.4. The smallest absolute Gasteiger partial charge is 0.243 e. The molecular formula is C23H26N4O3S. The molecule has 7 nitrogen and oxygen atoms in total. The molecule has 0 saturated carbocycles. The van der Waals surface area contributed by atoms with E-state index in [1.165, 1.54) is 4.31 Å². The number of nitrogens with zero attached hydrogens (tertiary/aromatic N) is 3. The third-order valence-corrected chi connectivity index (χ3v) is 7.67. The molecule has 0 radical (unpaired) electrons. The van der Waals surface area contributed by atoms with Crippen LogP contribution in [0.25, 0.3) is 5.69 Å². The van der Waals surface area contributed by atoms with Crippen molar-refractivity contribution in [3.05, 3.63) is 78.9 Å². The first kappa shape index (κ1) is 21.3. The van der Waals surface area contributed by atoms with E-state index >= 15 is 0 Å². The van der Waals surface area contributed by atoms with Gasteiger partial charge in [0, 0.05) is 37.1 Å². The molecule has 2 aromatic carbocycles. The molecule has 3 aromatic rings. The largest absolute Gasteiger partial charge is 0.349 e. The number of piperidine rings is 1. The van der Waals surface area contributed by atoms with Crippen LogP contribution in [0.15, 0.2) is 78.2 Å². The zero-order chi connectivity index (χ0) is 21.8. The number of hydrogen-bond acceptors (Lipinski definition) is 4. The van der Waals surface area contributed by atoms with Crippen molar-refractivity contribution in [1.29, 1.82) is 0 Å². The second-order valence-electron chi connectivity index (χ2n) is 7.78. The molecule has 0 bridgehead atoms. The molecule has 1 N–H and O–H groups in total. The maximum Gasteiger partial charge on any atom is 0.243 e. The highest BCUT2D eigenvalue weighted by Crippen LogP contribution is 2.25. The molecule has 0 unspecified atom stereocenters. The molecule has 1 aliphatic heterocycles. The number of nitrogens with one attached hydrogen (secondary N) is 1. The van der Waals surface area contributed by atoms with E-state index in [-0.39, 0.29) is 17.9 Å². The van der Waals surface area contributed by atoms with Gasteiger partial charge in [-0.2, -0.15) is 4.31 Å². The van der Waals surface area contributed by atoms with Gasteiger partial charge in [-0.15, -0.1) is 0 Å². The number of benzene rings is 2. The lowest BCUT2D eigenvalue weighted by molar-refractivity contribution is -0.126. The van der Waals surface area contributed by atoms with Crippen molar-refractivity contribution in [3.8, 4) is 5.69 Å². The first-order valence-corrected chi connectivity index (χ1v) is 11.8. The number of carbonyl (C=O) groups excluding carboxylic acids is 1. The molecule has 1 fully saturated rings. The van der Waals surface area contributed by atoms with Gasteiger partial charge in [0.2, 0.25) is 15.9 Å². The maximum absolute atomic E-state index is 12.8. The molecule has 1 aromatic heterocycles. The normalized spacial score (nSPS) is 16.7. The summed E-state index contributed by atoms with van der Waals surface area (Å²) in [6.45, 7) is 2.66. The van der Waals surface area contributed by atoms with Gasteiger partial charge >= 0.3 is 0 Å². The molecule has 31 heavy (non-hydrogen) atoms. The Morgan fingerprint density at radius 1 is 1.06 bits per heavy atom. The Labute approximate surface area is 182 Å². The van der Waals surface area contributed by atoms with Crippen LogP contribution in [0.2, 0.25) is 0 Å². The Morgan fingerprint density at radius 3 is 2.35 bits per heavy atom. The van der Waals surface area contributed by atoms with Gasteiger partial charge in [-0.05, 0) is 49.6 Å². The lowest BCUT2D eigenvalue weighted by atomic mass is 9.96. The standard InChI is InChI=1S/C23H26N4O3S/c1-18(19-7-9-21(10-8-19)26-16-13-24-17-26)25-23(28)20-11-14-27(15-12-20)31(29,30)22-5-3-2-4-6-22/h2-10,13,16-18,20H,11-12,14-15H2,1H3,(H,25,28)/t18-/m1/s1.